The Labute approximate surface area is 121 Å². The molecule has 20 heavy (non-hydrogen) atoms. The Morgan fingerprint density at radius 3 is 2.05 bits per heavy atom. The molecule has 2 aromatic rings. The van der Waals surface area contributed by atoms with Crippen molar-refractivity contribution in [1.29, 1.82) is 0 Å². The van der Waals surface area contributed by atoms with E-state index in [1.165, 1.54) is 6.07 Å². The van der Waals surface area contributed by atoms with Crippen molar-refractivity contribution in [3.05, 3.63) is 39.2 Å². The molecule has 0 aliphatic heterocycles. The molecule has 1 heterocycles. The van der Waals surface area contributed by atoms with Crippen LogP contribution >= 0.6 is 22.6 Å². The molecule has 0 amide bonds. The van der Waals surface area contributed by atoms with Gasteiger partial charge < -0.3 is 4.52 Å². The van der Waals surface area contributed by atoms with Crippen molar-refractivity contribution in [3.63, 3.8) is 0 Å². The van der Waals surface area contributed by atoms with Crippen LogP contribution in [0.3, 0.4) is 0 Å². The van der Waals surface area contributed by atoms with E-state index < -0.39 is 29.0 Å². The molecule has 0 bridgehead atoms. The molecule has 1 aromatic heterocycles. The van der Waals surface area contributed by atoms with Crippen molar-refractivity contribution in [2.75, 3.05) is 0 Å². The Bertz CT molecular complexity index is 631. The summed E-state index contributed by atoms with van der Waals surface area (Å²) < 4.78 is 81.0. The Balaban J connectivity index is 2.64. The summed E-state index contributed by atoms with van der Waals surface area (Å²) in [4.78, 5) is 0. The molecule has 0 spiro atoms. The first-order valence-electron chi connectivity index (χ1n) is 5.00. The molecule has 0 unspecified atom stereocenters. The zero-order chi connectivity index (χ0) is 15.1. The molecule has 0 saturated carbocycles. The summed E-state index contributed by atoms with van der Waals surface area (Å²) in [6.45, 7) is 0. The van der Waals surface area contributed by atoms with Crippen molar-refractivity contribution in [1.82, 2.24) is 5.16 Å². The van der Waals surface area contributed by atoms with Crippen LogP contribution in [0.5, 0.6) is 0 Å². The van der Waals surface area contributed by atoms with E-state index in [0.717, 1.165) is 6.07 Å². The SMILES string of the molecule is FC(F)(F)c1ccc(-c2cc(I)on2)c(C(F)(F)F)c1. The minimum absolute atomic E-state index is 0.0663. The van der Waals surface area contributed by atoms with Gasteiger partial charge in [-0.15, -0.1) is 0 Å². The number of benzene rings is 1. The fourth-order valence-corrected chi connectivity index (χ4v) is 1.95. The lowest BCUT2D eigenvalue weighted by molar-refractivity contribution is -0.142. The van der Waals surface area contributed by atoms with Gasteiger partial charge in [-0.05, 0) is 12.1 Å². The molecule has 2 nitrogen and oxygen atoms in total. The lowest BCUT2D eigenvalue weighted by atomic mass is 10.0. The van der Waals surface area contributed by atoms with E-state index in [1.54, 1.807) is 22.6 Å². The van der Waals surface area contributed by atoms with Crippen LogP contribution in [0.2, 0.25) is 0 Å². The maximum absolute atomic E-state index is 12.9. The van der Waals surface area contributed by atoms with Crippen LogP contribution in [0, 0.1) is 3.77 Å². The molecule has 9 heteroatoms. The molecule has 0 fully saturated rings. The van der Waals surface area contributed by atoms with Gasteiger partial charge in [0.25, 0.3) is 0 Å². The van der Waals surface area contributed by atoms with Crippen LogP contribution in [0.15, 0.2) is 28.8 Å². The molecule has 0 radical (unpaired) electrons. The van der Waals surface area contributed by atoms with E-state index in [4.69, 9.17) is 0 Å². The highest BCUT2D eigenvalue weighted by Gasteiger charge is 2.38. The van der Waals surface area contributed by atoms with Gasteiger partial charge in [0.1, 0.15) is 5.69 Å². The lowest BCUT2D eigenvalue weighted by Gasteiger charge is -2.14. The van der Waals surface area contributed by atoms with Crippen LogP contribution in [0.4, 0.5) is 26.3 Å². The molecule has 0 saturated heterocycles. The summed E-state index contributed by atoms with van der Waals surface area (Å²) in [5.74, 6) is 0. The minimum Gasteiger partial charge on any atom is -0.350 e. The Kier molecular flexibility index (Phi) is 3.73. The van der Waals surface area contributed by atoms with Crippen LogP contribution in [0.25, 0.3) is 11.3 Å². The third-order valence-electron chi connectivity index (χ3n) is 2.41. The molecule has 2 rings (SSSR count). The zero-order valence-corrected chi connectivity index (χ0v) is 11.5. The third-order valence-corrected chi connectivity index (χ3v) is 2.92. The summed E-state index contributed by atoms with van der Waals surface area (Å²) in [6.07, 6.45) is -9.78. The van der Waals surface area contributed by atoms with Crippen LogP contribution in [-0.2, 0) is 12.4 Å². The van der Waals surface area contributed by atoms with Gasteiger partial charge in [0.05, 0.1) is 11.1 Å². The maximum atomic E-state index is 12.9. The van der Waals surface area contributed by atoms with E-state index in [0.29, 0.717) is 6.07 Å². The van der Waals surface area contributed by atoms with Gasteiger partial charge >= 0.3 is 12.4 Å². The summed E-state index contributed by atoms with van der Waals surface area (Å²) in [7, 11) is 0. The van der Waals surface area contributed by atoms with Crippen molar-refractivity contribution in [2.45, 2.75) is 12.4 Å². The molecule has 0 aliphatic rings. The fraction of sp³-hybridized carbons (Fsp3) is 0.182. The molecular formula is C11H4F6INO. The zero-order valence-electron chi connectivity index (χ0n) is 9.31. The largest absolute Gasteiger partial charge is 0.417 e. The molecule has 1 aromatic carbocycles. The maximum Gasteiger partial charge on any atom is 0.417 e. The van der Waals surface area contributed by atoms with Gasteiger partial charge in [0.2, 0.25) is 0 Å². The van der Waals surface area contributed by atoms with Crippen LogP contribution in [0.1, 0.15) is 11.1 Å². The third kappa shape index (κ3) is 3.07. The smallest absolute Gasteiger partial charge is 0.350 e. The van der Waals surface area contributed by atoms with Gasteiger partial charge in [-0.25, -0.2) is 0 Å². The number of alkyl halides is 6. The topological polar surface area (TPSA) is 26.0 Å². The van der Waals surface area contributed by atoms with E-state index in [-0.39, 0.29) is 15.5 Å². The highest BCUT2D eigenvalue weighted by Crippen LogP contribution is 2.40. The second-order valence-electron chi connectivity index (χ2n) is 3.77. The molecule has 0 N–H and O–H groups in total. The summed E-state index contributed by atoms with van der Waals surface area (Å²) in [6, 6.07) is 2.58. The Morgan fingerprint density at radius 1 is 0.950 bits per heavy atom. The minimum atomic E-state index is -4.93. The van der Waals surface area contributed by atoms with Gasteiger partial charge in [-0.2, -0.15) is 26.3 Å². The summed E-state index contributed by atoms with van der Waals surface area (Å²) in [5.41, 5.74) is -3.41. The average molecular weight is 407 g/mol. The number of rotatable bonds is 1. The highest BCUT2D eigenvalue weighted by molar-refractivity contribution is 14.1. The number of hydrogen-bond acceptors (Lipinski definition) is 2. The van der Waals surface area contributed by atoms with Crippen molar-refractivity contribution in [3.8, 4) is 11.3 Å². The van der Waals surface area contributed by atoms with Crippen LogP contribution < -0.4 is 0 Å². The highest BCUT2D eigenvalue weighted by atomic mass is 127. The molecule has 0 atom stereocenters. The summed E-state index contributed by atoms with van der Waals surface area (Å²) in [5, 5.41) is 3.39. The molecular weight excluding hydrogens is 403 g/mol. The second-order valence-corrected chi connectivity index (χ2v) is 4.84. The predicted molar refractivity (Wildman–Crippen MR) is 64.7 cm³/mol. The van der Waals surface area contributed by atoms with Crippen molar-refractivity contribution < 1.29 is 30.9 Å². The first-order chi connectivity index (χ1) is 9.09. The van der Waals surface area contributed by atoms with Gasteiger partial charge in [0, 0.05) is 34.2 Å². The normalized spacial score (nSPS) is 12.8. The quantitative estimate of drug-likeness (QED) is 0.492. The number of aromatic nitrogens is 1. The molecule has 0 aliphatic carbocycles. The van der Waals surface area contributed by atoms with Gasteiger partial charge in [-0.3, -0.25) is 0 Å². The van der Waals surface area contributed by atoms with Crippen LogP contribution in [-0.4, -0.2) is 5.16 Å². The van der Waals surface area contributed by atoms with E-state index in [2.05, 4.69) is 9.68 Å². The number of nitrogens with zero attached hydrogens (tertiary/aromatic N) is 1. The van der Waals surface area contributed by atoms with E-state index in [9.17, 15) is 26.3 Å². The number of hydrogen-bond donors (Lipinski definition) is 0. The van der Waals surface area contributed by atoms with Gasteiger partial charge in [0.15, 0.2) is 3.77 Å². The monoisotopic (exact) mass is 407 g/mol. The van der Waals surface area contributed by atoms with Gasteiger partial charge in [-0.1, -0.05) is 11.2 Å². The first-order valence-corrected chi connectivity index (χ1v) is 6.08. The predicted octanol–water partition coefficient (Wildman–Crippen LogP) is 4.98. The average Bonchev–Trinajstić information content (AvgIpc) is 2.72. The molecule has 108 valence electrons. The standard InChI is InChI=1S/C11H4F6INO/c12-10(13,14)5-1-2-6(7(3-5)11(15,16)17)8-4-9(18)20-19-8/h1-4H. The summed E-state index contributed by atoms with van der Waals surface area (Å²) >= 11 is 1.69. The Morgan fingerprint density at radius 2 is 1.60 bits per heavy atom. The van der Waals surface area contributed by atoms with E-state index >= 15 is 0 Å². The van der Waals surface area contributed by atoms with E-state index in [1.807, 2.05) is 0 Å². The lowest BCUT2D eigenvalue weighted by Crippen LogP contribution is -2.12. The first kappa shape index (κ1) is 15.1. The van der Waals surface area contributed by atoms with Crippen molar-refractivity contribution >= 4 is 22.6 Å². The number of halogens is 7. The Hall–Kier alpha value is -1.26. The van der Waals surface area contributed by atoms with Crippen molar-refractivity contribution in [2.24, 2.45) is 0 Å². The fourth-order valence-electron chi connectivity index (χ4n) is 1.56. The second kappa shape index (κ2) is 4.93.